The number of hydrogen-bond acceptors (Lipinski definition) is 4. The lowest BCUT2D eigenvalue weighted by molar-refractivity contribution is 0.191. The van der Waals surface area contributed by atoms with E-state index in [9.17, 15) is 4.79 Å². The predicted octanol–water partition coefficient (Wildman–Crippen LogP) is 9.33. The summed E-state index contributed by atoms with van der Waals surface area (Å²) in [6.07, 6.45) is 0. The van der Waals surface area contributed by atoms with Crippen LogP contribution >= 0.6 is 47.8 Å². The predicted molar refractivity (Wildman–Crippen MR) is 178 cm³/mol. The molecule has 206 valence electrons. The maximum absolute atomic E-state index is 15.0. The summed E-state index contributed by atoms with van der Waals surface area (Å²) in [5, 5.41) is 10.8. The lowest BCUT2D eigenvalue weighted by atomic mass is 9.88. The first kappa shape index (κ1) is 27.1. The Bertz CT molecular complexity index is 1780. The Morgan fingerprint density at radius 1 is 0.548 bits per heavy atom. The molecule has 0 spiro atoms. The van der Waals surface area contributed by atoms with Crippen LogP contribution in [0.15, 0.2) is 152 Å². The van der Waals surface area contributed by atoms with Crippen molar-refractivity contribution in [3.05, 3.63) is 158 Å². The molecule has 0 saturated carbocycles. The average Bonchev–Trinajstić information content (AvgIpc) is 3.50. The number of hydrazine groups is 2. The van der Waals surface area contributed by atoms with E-state index in [-0.39, 0.29) is 6.03 Å². The van der Waals surface area contributed by atoms with Crippen molar-refractivity contribution in [3.63, 3.8) is 0 Å². The Morgan fingerprint density at radius 3 is 1.57 bits per heavy atom. The summed E-state index contributed by atoms with van der Waals surface area (Å²) in [4.78, 5) is 16.8. The van der Waals surface area contributed by atoms with Gasteiger partial charge < -0.3 is 0 Å². The average molecular weight is 744 g/mol. The molecule has 2 aliphatic heterocycles. The Hall–Kier alpha value is -3.76. The minimum atomic E-state index is -1.17. The van der Waals surface area contributed by atoms with Crippen molar-refractivity contribution in [1.29, 1.82) is 0 Å². The van der Waals surface area contributed by atoms with Crippen LogP contribution < -0.4 is 15.0 Å². The van der Waals surface area contributed by atoms with E-state index in [0.717, 1.165) is 35.9 Å². The zero-order chi connectivity index (χ0) is 28.8. The second kappa shape index (κ2) is 10.8. The summed E-state index contributed by atoms with van der Waals surface area (Å²) in [5.74, 6) is 0. The molecule has 5 aromatic rings. The first-order chi connectivity index (χ1) is 20.5. The van der Waals surface area contributed by atoms with E-state index in [4.69, 9.17) is 5.10 Å². The Labute approximate surface area is 268 Å². The lowest BCUT2D eigenvalue weighted by Gasteiger charge is -2.41. The molecule has 1 atom stereocenters. The number of halogens is 3. The van der Waals surface area contributed by atoms with Gasteiger partial charge in [-0.05, 0) is 72.8 Å². The molecule has 2 amide bonds. The van der Waals surface area contributed by atoms with Crippen molar-refractivity contribution in [2.45, 2.75) is 5.66 Å². The van der Waals surface area contributed by atoms with Gasteiger partial charge in [0.15, 0.2) is 0 Å². The smallest absolute Gasteiger partial charge is 0.260 e. The van der Waals surface area contributed by atoms with Crippen LogP contribution in [0.5, 0.6) is 0 Å². The largest absolute Gasteiger partial charge is 0.347 e. The first-order valence-electron chi connectivity index (χ1n) is 13.2. The third-order valence-electron chi connectivity index (χ3n) is 7.32. The number of hydrazone groups is 1. The summed E-state index contributed by atoms with van der Waals surface area (Å²) in [5.41, 5.74) is 3.58. The van der Waals surface area contributed by atoms with Crippen LogP contribution in [0.25, 0.3) is 0 Å². The quantitative estimate of drug-likeness (QED) is 0.180. The fraction of sp³-hybridized carbons (Fsp3) is 0.0303. The number of carbonyl (C=O) groups is 1. The molecule has 6 nitrogen and oxygen atoms in total. The molecule has 1 fully saturated rings. The molecule has 5 aromatic carbocycles. The van der Waals surface area contributed by atoms with E-state index in [1.807, 2.05) is 136 Å². The normalized spacial score (nSPS) is 18.4. The Morgan fingerprint density at radius 2 is 1.02 bits per heavy atom. The molecule has 1 unspecified atom stereocenters. The van der Waals surface area contributed by atoms with E-state index >= 15 is 0 Å². The second-order valence-corrected chi connectivity index (χ2v) is 12.5. The maximum Gasteiger partial charge on any atom is 0.347 e. The van der Waals surface area contributed by atoms with Crippen LogP contribution in [-0.2, 0) is 5.66 Å². The Balaban J connectivity index is 1.59. The minimum Gasteiger partial charge on any atom is -0.260 e. The van der Waals surface area contributed by atoms with E-state index in [2.05, 4.69) is 59.9 Å². The number of anilines is 3. The molecule has 2 aliphatic rings. The molecule has 1 saturated heterocycles. The highest BCUT2D eigenvalue weighted by Crippen LogP contribution is 2.52. The highest BCUT2D eigenvalue weighted by molar-refractivity contribution is 9.11. The van der Waals surface area contributed by atoms with Gasteiger partial charge in [0.2, 0.25) is 5.66 Å². The van der Waals surface area contributed by atoms with Crippen LogP contribution in [0.1, 0.15) is 11.1 Å². The fourth-order valence-corrected chi connectivity index (χ4v) is 6.31. The zero-order valence-corrected chi connectivity index (χ0v) is 26.7. The highest BCUT2D eigenvalue weighted by atomic mass is 79.9. The maximum atomic E-state index is 15.0. The van der Waals surface area contributed by atoms with Crippen LogP contribution in [0.4, 0.5) is 21.9 Å². The third kappa shape index (κ3) is 4.31. The van der Waals surface area contributed by atoms with Gasteiger partial charge in [-0.25, -0.2) is 9.80 Å². The molecule has 0 radical (unpaired) electrons. The molecular weight excluding hydrogens is 722 g/mol. The highest BCUT2D eigenvalue weighted by Gasteiger charge is 2.67. The van der Waals surface area contributed by atoms with Gasteiger partial charge in [-0.15, -0.1) is 0 Å². The van der Waals surface area contributed by atoms with Crippen molar-refractivity contribution in [3.8, 4) is 0 Å². The molecule has 9 heteroatoms. The zero-order valence-electron chi connectivity index (χ0n) is 22.0. The standard InChI is InChI=1S/C33H22Br3N5O/c34-25-11-17-28(18-12-25)38-32(42)39(29-19-13-26(35)14-20-29)41-33(38,24-9-5-2-6-10-24)31(23-7-3-1-4-8-23)37-40(41)30-21-15-27(36)16-22-30/h1-22H. The van der Waals surface area contributed by atoms with Crippen molar-refractivity contribution in [1.82, 2.24) is 5.12 Å². The van der Waals surface area contributed by atoms with Crippen LogP contribution in [0.2, 0.25) is 0 Å². The number of carbonyl (C=O) groups excluding carboxylic acids is 1. The second-order valence-electron chi connectivity index (χ2n) is 9.79. The number of fused-ring (bicyclic) bond motifs is 1. The van der Waals surface area contributed by atoms with Gasteiger partial charge in [0.05, 0.1) is 11.4 Å². The van der Waals surface area contributed by atoms with Gasteiger partial charge in [0.25, 0.3) is 0 Å². The topological polar surface area (TPSA) is 42.4 Å². The van der Waals surface area contributed by atoms with E-state index in [0.29, 0.717) is 11.4 Å². The van der Waals surface area contributed by atoms with E-state index in [1.165, 1.54) is 0 Å². The number of nitrogens with zero attached hydrogens (tertiary/aromatic N) is 5. The summed E-state index contributed by atoms with van der Waals surface area (Å²) in [6, 6.07) is 43.4. The number of hydrogen-bond donors (Lipinski definition) is 0. The molecule has 0 aromatic heterocycles. The Kier molecular flexibility index (Phi) is 6.98. The monoisotopic (exact) mass is 741 g/mol. The summed E-state index contributed by atoms with van der Waals surface area (Å²) >= 11 is 10.7. The van der Waals surface area contributed by atoms with Gasteiger partial charge in [0, 0.05) is 30.2 Å². The summed E-state index contributed by atoms with van der Waals surface area (Å²) in [7, 11) is 0. The third-order valence-corrected chi connectivity index (χ3v) is 8.90. The van der Waals surface area contributed by atoms with E-state index < -0.39 is 5.66 Å². The SMILES string of the molecule is O=C1N(c2ccc(Br)cc2)N2N(c3ccc(Br)cc3)N=C(c3ccccc3)C2(c2ccccc2)N1c1ccc(Br)cc1. The molecule has 42 heavy (non-hydrogen) atoms. The van der Waals surface area contributed by atoms with Crippen molar-refractivity contribution in [2.24, 2.45) is 5.10 Å². The number of benzene rings is 5. The number of urea groups is 1. The number of amides is 2. The van der Waals surface area contributed by atoms with Crippen LogP contribution in [0, 0.1) is 0 Å². The fourth-order valence-electron chi connectivity index (χ4n) is 5.52. The van der Waals surface area contributed by atoms with Crippen molar-refractivity contribution < 1.29 is 4.79 Å². The minimum absolute atomic E-state index is 0.214. The van der Waals surface area contributed by atoms with Gasteiger partial charge in [-0.3, -0.25) is 4.90 Å². The van der Waals surface area contributed by atoms with Crippen molar-refractivity contribution >= 4 is 76.6 Å². The van der Waals surface area contributed by atoms with Gasteiger partial charge in [0.1, 0.15) is 5.71 Å². The summed E-state index contributed by atoms with van der Waals surface area (Å²) in [6.45, 7) is 0. The molecule has 0 aliphatic carbocycles. The van der Waals surface area contributed by atoms with Crippen molar-refractivity contribution in [2.75, 3.05) is 15.0 Å². The number of rotatable bonds is 5. The van der Waals surface area contributed by atoms with Crippen LogP contribution in [0.3, 0.4) is 0 Å². The molecular formula is C33H22Br3N5O. The molecule has 0 N–H and O–H groups in total. The van der Waals surface area contributed by atoms with Gasteiger partial charge >= 0.3 is 6.03 Å². The molecule has 7 rings (SSSR count). The first-order valence-corrected chi connectivity index (χ1v) is 15.6. The molecule has 2 heterocycles. The van der Waals surface area contributed by atoms with Crippen LogP contribution in [-0.4, -0.2) is 16.9 Å². The van der Waals surface area contributed by atoms with Gasteiger partial charge in [-0.2, -0.15) is 10.2 Å². The lowest BCUT2D eigenvalue weighted by Crippen LogP contribution is -2.58. The van der Waals surface area contributed by atoms with E-state index in [1.54, 1.807) is 5.01 Å². The van der Waals surface area contributed by atoms with Gasteiger partial charge in [-0.1, -0.05) is 114 Å². The molecule has 0 bridgehead atoms. The summed E-state index contributed by atoms with van der Waals surface area (Å²) < 4.78 is 2.79.